The minimum Gasteiger partial charge on any atom is -0.463 e. The molecule has 1 fully saturated rings. The van der Waals surface area contributed by atoms with Crippen LogP contribution in [0, 0.1) is 11.3 Å². The molecule has 32 heavy (non-hydrogen) atoms. The second kappa shape index (κ2) is 11.5. The standard InChI is InChI=1S/C18H18ClN5O7S/c1-8(25)28-7-13-16(29-9(2)26)15(23-24-21)17(30-10(3)27)18(31-13)32-14-4-11(19)6-22-12(14)5-20/h4,6,13,15-18H,7H2,1-3H3/t13?,15?,16-,17?,18+/m0/s1. The Balaban J connectivity index is 2.51. The molecule has 2 rings (SSSR count). The number of hydrogen-bond acceptors (Lipinski definition) is 11. The Morgan fingerprint density at radius 3 is 2.50 bits per heavy atom. The quantitative estimate of drug-likeness (QED) is 0.184. The topological polar surface area (TPSA) is 174 Å². The summed E-state index contributed by atoms with van der Waals surface area (Å²) in [5.41, 5.74) is 8.07. The number of carbonyl (C=O) groups is 3. The van der Waals surface area contributed by atoms with Gasteiger partial charge >= 0.3 is 17.9 Å². The SMILES string of the molecule is CC(=O)OCC1O[C@H](Sc2cc(Cl)cnc2C#N)C(OC(C)=O)C(N=[N+]=[N-])[C@H]1OC(C)=O. The monoisotopic (exact) mass is 483 g/mol. The van der Waals surface area contributed by atoms with Gasteiger partial charge in [0.1, 0.15) is 42.5 Å². The highest BCUT2D eigenvalue weighted by atomic mass is 35.5. The molecule has 170 valence electrons. The first-order valence-electron chi connectivity index (χ1n) is 9.06. The Kier molecular flexibility index (Phi) is 9.10. The number of ether oxygens (including phenoxy) is 4. The van der Waals surface area contributed by atoms with Crippen molar-refractivity contribution in [3.63, 3.8) is 0 Å². The summed E-state index contributed by atoms with van der Waals surface area (Å²) in [6, 6.07) is 2.16. The second-order valence-corrected chi connectivity index (χ2v) is 8.00. The number of aromatic nitrogens is 1. The molecule has 1 aromatic rings. The molecule has 0 N–H and O–H groups in total. The zero-order chi connectivity index (χ0) is 23.8. The summed E-state index contributed by atoms with van der Waals surface area (Å²) >= 11 is 6.93. The number of carbonyl (C=O) groups excluding carboxylic acids is 3. The van der Waals surface area contributed by atoms with E-state index in [2.05, 4.69) is 15.0 Å². The van der Waals surface area contributed by atoms with Gasteiger partial charge in [0.25, 0.3) is 0 Å². The number of rotatable bonds is 7. The Labute approximate surface area is 191 Å². The van der Waals surface area contributed by atoms with Gasteiger partial charge in [0.05, 0.1) is 5.02 Å². The molecule has 14 heteroatoms. The molecule has 0 aromatic carbocycles. The van der Waals surface area contributed by atoms with Gasteiger partial charge < -0.3 is 18.9 Å². The van der Waals surface area contributed by atoms with Gasteiger partial charge in [-0.3, -0.25) is 14.4 Å². The number of nitrogens with zero attached hydrogens (tertiary/aromatic N) is 5. The molecular weight excluding hydrogens is 466 g/mol. The largest absolute Gasteiger partial charge is 0.463 e. The molecule has 0 spiro atoms. The highest BCUT2D eigenvalue weighted by Gasteiger charge is 2.50. The molecule has 5 atom stereocenters. The van der Waals surface area contributed by atoms with Gasteiger partial charge in [-0.15, -0.1) is 0 Å². The summed E-state index contributed by atoms with van der Waals surface area (Å²) in [7, 11) is 0. The molecule has 0 amide bonds. The maximum Gasteiger partial charge on any atom is 0.303 e. The minimum absolute atomic E-state index is 0.0311. The summed E-state index contributed by atoms with van der Waals surface area (Å²) in [5.74, 6) is -2.05. The molecule has 0 saturated carbocycles. The lowest BCUT2D eigenvalue weighted by molar-refractivity contribution is -0.201. The van der Waals surface area contributed by atoms with Crippen LogP contribution in [-0.2, 0) is 33.3 Å². The predicted octanol–water partition coefficient (Wildman–Crippen LogP) is 2.53. The summed E-state index contributed by atoms with van der Waals surface area (Å²) in [4.78, 5) is 41.8. The van der Waals surface area contributed by atoms with E-state index in [0.29, 0.717) is 4.90 Å². The van der Waals surface area contributed by atoms with Crippen molar-refractivity contribution in [3.05, 3.63) is 33.4 Å². The summed E-state index contributed by atoms with van der Waals surface area (Å²) in [6.07, 6.45) is -2.23. The molecule has 12 nitrogen and oxygen atoms in total. The van der Waals surface area contributed by atoms with Crippen LogP contribution in [0.2, 0.25) is 5.02 Å². The lowest BCUT2D eigenvalue weighted by atomic mass is 9.97. The van der Waals surface area contributed by atoms with Crippen LogP contribution in [0.1, 0.15) is 26.5 Å². The van der Waals surface area contributed by atoms with E-state index >= 15 is 0 Å². The smallest absolute Gasteiger partial charge is 0.303 e. The van der Waals surface area contributed by atoms with Gasteiger partial charge in [-0.2, -0.15) is 5.26 Å². The first-order chi connectivity index (χ1) is 15.2. The molecule has 2 heterocycles. The van der Waals surface area contributed by atoms with Crippen LogP contribution in [-0.4, -0.2) is 59.3 Å². The lowest BCUT2D eigenvalue weighted by Gasteiger charge is -2.43. The van der Waals surface area contributed by atoms with E-state index in [9.17, 15) is 19.6 Å². The first-order valence-corrected chi connectivity index (χ1v) is 10.3. The fourth-order valence-electron chi connectivity index (χ4n) is 2.89. The molecule has 1 aromatic heterocycles. The van der Waals surface area contributed by atoms with Crippen molar-refractivity contribution in [1.82, 2.24) is 4.98 Å². The number of esters is 3. The highest BCUT2D eigenvalue weighted by molar-refractivity contribution is 7.99. The van der Waals surface area contributed by atoms with Crippen molar-refractivity contribution >= 4 is 41.3 Å². The fraction of sp³-hybridized carbons (Fsp3) is 0.500. The van der Waals surface area contributed by atoms with E-state index < -0.39 is 47.7 Å². The van der Waals surface area contributed by atoms with Crippen LogP contribution in [0.5, 0.6) is 0 Å². The molecular formula is C18H18ClN5O7S. The number of pyridine rings is 1. The summed E-state index contributed by atoms with van der Waals surface area (Å²) in [5, 5.41) is 13.3. The van der Waals surface area contributed by atoms with E-state index in [-0.39, 0.29) is 17.3 Å². The molecule has 0 bridgehead atoms. The third-order valence-electron chi connectivity index (χ3n) is 4.03. The molecule has 1 aliphatic rings. The number of thioether (sulfide) groups is 1. The fourth-order valence-corrected chi connectivity index (χ4v) is 4.32. The number of nitriles is 1. The third kappa shape index (κ3) is 6.73. The van der Waals surface area contributed by atoms with Crippen molar-refractivity contribution in [3.8, 4) is 6.07 Å². The van der Waals surface area contributed by atoms with Crippen LogP contribution in [0.4, 0.5) is 0 Å². The molecule has 0 aliphatic carbocycles. The maximum atomic E-state index is 11.8. The van der Waals surface area contributed by atoms with Crippen LogP contribution in [0.3, 0.4) is 0 Å². The number of azide groups is 1. The normalized spacial score (nSPS) is 24.4. The molecule has 1 aliphatic heterocycles. The average Bonchev–Trinajstić information content (AvgIpc) is 2.70. The molecule has 3 unspecified atom stereocenters. The predicted molar refractivity (Wildman–Crippen MR) is 109 cm³/mol. The Bertz CT molecular complexity index is 981. The van der Waals surface area contributed by atoms with Gasteiger partial charge in [-0.25, -0.2) is 4.98 Å². The van der Waals surface area contributed by atoms with Crippen LogP contribution < -0.4 is 0 Å². The highest BCUT2D eigenvalue weighted by Crippen LogP contribution is 2.39. The Morgan fingerprint density at radius 2 is 1.94 bits per heavy atom. The van der Waals surface area contributed by atoms with Crippen LogP contribution in [0.15, 0.2) is 22.3 Å². The minimum atomic E-state index is -1.23. The van der Waals surface area contributed by atoms with Crippen molar-refractivity contribution < 1.29 is 33.3 Å². The van der Waals surface area contributed by atoms with E-state index in [4.69, 9.17) is 36.1 Å². The van der Waals surface area contributed by atoms with E-state index in [1.807, 2.05) is 6.07 Å². The molecule has 0 radical (unpaired) electrons. The zero-order valence-electron chi connectivity index (χ0n) is 17.1. The number of hydrogen-bond donors (Lipinski definition) is 0. The van der Waals surface area contributed by atoms with Gasteiger partial charge in [0, 0.05) is 36.8 Å². The summed E-state index contributed by atoms with van der Waals surface area (Å²) in [6.45, 7) is 3.11. The average molecular weight is 484 g/mol. The zero-order valence-corrected chi connectivity index (χ0v) is 18.7. The van der Waals surface area contributed by atoms with Crippen molar-refractivity contribution in [2.24, 2.45) is 5.11 Å². The van der Waals surface area contributed by atoms with E-state index in [1.165, 1.54) is 19.2 Å². The second-order valence-electron chi connectivity index (χ2n) is 6.42. The van der Waals surface area contributed by atoms with Gasteiger partial charge in [-0.05, 0) is 11.6 Å². The van der Waals surface area contributed by atoms with Crippen LogP contribution >= 0.6 is 23.4 Å². The van der Waals surface area contributed by atoms with Crippen molar-refractivity contribution in [1.29, 1.82) is 5.26 Å². The Morgan fingerprint density at radius 1 is 1.28 bits per heavy atom. The van der Waals surface area contributed by atoms with Crippen molar-refractivity contribution in [2.45, 2.75) is 55.5 Å². The lowest BCUT2D eigenvalue weighted by Crippen LogP contribution is -2.59. The Hall–Kier alpha value is -3.04. The van der Waals surface area contributed by atoms with Crippen LogP contribution in [0.25, 0.3) is 10.4 Å². The van der Waals surface area contributed by atoms with Gasteiger partial charge in [0.15, 0.2) is 5.69 Å². The van der Waals surface area contributed by atoms with Gasteiger partial charge in [0.2, 0.25) is 0 Å². The number of halogens is 1. The summed E-state index contributed by atoms with van der Waals surface area (Å²) < 4.78 is 21.6. The van der Waals surface area contributed by atoms with Gasteiger partial charge in [-0.1, -0.05) is 28.5 Å². The molecule has 1 saturated heterocycles. The third-order valence-corrected chi connectivity index (χ3v) is 5.41. The first kappa shape index (κ1) is 25.2. The van der Waals surface area contributed by atoms with Crippen molar-refractivity contribution in [2.75, 3.05) is 6.61 Å². The van der Waals surface area contributed by atoms with E-state index in [1.54, 1.807) is 0 Å². The van der Waals surface area contributed by atoms with E-state index in [0.717, 1.165) is 25.6 Å². The maximum absolute atomic E-state index is 11.8.